The fourth-order valence-corrected chi connectivity index (χ4v) is 4.32. The second kappa shape index (κ2) is 8.70. The van der Waals surface area contributed by atoms with E-state index in [4.69, 9.17) is 0 Å². The highest BCUT2D eigenvalue weighted by molar-refractivity contribution is 14.1. The van der Waals surface area contributed by atoms with Gasteiger partial charge in [0.25, 0.3) is 5.91 Å². The summed E-state index contributed by atoms with van der Waals surface area (Å²) in [5.41, 5.74) is 1.07. The van der Waals surface area contributed by atoms with E-state index in [9.17, 15) is 14.7 Å². The van der Waals surface area contributed by atoms with Crippen molar-refractivity contribution in [2.45, 2.75) is 24.9 Å². The molecular weight excluding hydrogens is 489 g/mol. The molecule has 0 saturated carbocycles. The SMILES string of the molecule is O=C(C[C@]1(O)C(=O)N(CCCc2ccccc2)c2ccccc21)c1ccc(I)cc1. The van der Waals surface area contributed by atoms with Gasteiger partial charge < -0.3 is 10.0 Å². The smallest absolute Gasteiger partial charge is 0.264 e. The number of carbonyl (C=O) groups excluding carboxylic acids is 2. The maximum Gasteiger partial charge on any atom is 0.264 e. The first-order valence-electron chi connectivity index (χ1n) is 9.95. The first-order valence-corrected chi connectivity index (χ1v) is 11.0. The van der Waals surface area contributed by atoms with Crippen molar-refractivity contribution in [1.82, 2.24) is 0 Å². The van der Waals surface area contributed by atoms with E-state index in [-0.39, 0.29) is 12.2 Å². The van der Waals surface area contributed by atoms with Crippen molar-refractivity contribution < 1.29 is 14.7 Å². The maximum absolute atomic E-state index is 13.3. The van der Waals surface area contributed by atoms with Gasteiger partial charge in [-0.1, -0.05) is 60.7 Å². The average Bonchev–Trinajstić information content (AvgIpc) is 2.97. The molecule has 1 aliphatic rings. The molecule has 0 radical (unpaired) electrons. The summed E-state index contributed by atoms with van der Waals surface area (Å²) in [6.45, 7) is 0.491. The van der Waals surface area contributed by atoms with Crippen molar-refractivity contribution in [3.8, 4) is 0 Å². The zero-order valence-electron chi connectivity index (χ0n) is 16.4. The fourth-order valence-electron chi connectivity index (χ4n) is 3.96. The highest BCUT2D eigenvalue weighted by Crippen LogP contribution is 2.43. The molecule has 0 bridgehead atoms. The van der Waals surface area contributed by atoms with Gasteiger partial charge in [-0.05, 0) is 59.2 Å². The number of Topliss-reactive ketones (excluding diaryl/α,β-unsaturated/α-hetero) is 1. The molecule has 1 amide bonds. The molecule has 0 aromatic heterocycles. The number of para-hydroxylation sites is 1. The number of halogens is 1. The molecule has 0 unspecified atom stereocenters. The van der Waals surface area contributed by atoms with Gasteiger partial charge in [-0.2, -0.15) is 0 Å². The van der Waals surface area contributed by atoms with E-state index in [1.807, 2.05) is 42.5 Å². The van der Waals surface area contributed by atoms with E-state index in [0.717, 1.165) is 16.4 Å². The van der Waals surface area contributed by atoms with Crippen molar-refractivity contribution in [1.29, 1.82) is 0 Å². The number of aryl methyl sites for hydroxylation is 1. The highest BCUT2D eigenvalue weighted by atomic mass is 127. The quantitative estimate of drug-likeness (QED) is 0.369. The number of fused-ring (bicyclic) bond motifs is 1. The van der Waals surface area contributed by atoms with Crippen LogP contribution in [-0.2, 0) is 16.8 Å². The molecule has 1 N–H and O–H groups in total. The van der Waals surface area contributed by atoms with Gasteiger partial charge in [-0.15, -0.1) is 0 Å². The van der Waals surface area contributed by atoms with E-state index in [2.05, 4.69) is 34.7 Å². The van der Waals surface area contributed by atoms with Gasteiger partial charge in [0.05, 0.1) is 12.1 Å². The number of amides is 1. The minimum Gasteiger partial charge on any atom is -0.375 e. The number of rotatable bonds is 7. The Bertz CT molecular complexity index is 1070. The second-order valence-corrected chi connectivity index (χ2v) is 8.78. The number of anilines is 1. The summed E-state index contributed by atoms with van der Waals surface area (Å²) in [6, 6.07) is 24.5. The molecule has 0 saturated heterocycles. The van der Waals surface area contributed by atoms with Crippen LogP contribution < -0.4 is 4.90 Å². The lowest BCUT2D eigenvalue weighted by Crippen LogP contribution is -2.42. The third-order valence-corrected chi connectivity index (χ3v) is 6.23. The van der Waals surface area contributed by atoms with Gasteiger partial charge in [0.15, 0.2) is 11.4 Å². The van der Waals surface area contributed by atoms with Crippen molar-refractivity contribution in [2.24, 2.45) is 0 Å². The molecule has 5 heteroatoms. The first kappa shape index (κ1) is 20.8. The van der Waals surface area contributed by atoms with Crippen molar-refractivity contribution in [3.05, 3.63) is 99.1 Å². The number of carbonyl (C=O) groups is 2. The van der Waals surface area contributed by atoms with Gasteiger partial charge in [-0.25, -0.2) is 0 Å². The van der Waals surface area contributed by atoms with Gasteiger partial charge >= 0.3 is 0 Å². The van der Waals surface area contributed by atoms with Gasteiger partial charge in [0.1, 0.15) is 0 Å². The van der Waals surface area contributed by atoms with Gasteiger partial charge in [-0.3, -0.25) is 9.59 Å². The summed E-state index contributed by atoms with van der Waals surface area (Å²) in [7, 11) is 0. The Balaban J connectivity index is 1.54. The number of ketones is 1. The van der Waals surface area contributed by atoms with E-state index in [1.165, 1.54) is 5.56 Å². The number of hydrogen-bond donors (Lipinski definition) is 1. The minimum atomic E-state index is -1.83. The van der Waals surface area contributed by atoms with E-state index in [1.54, 1.807) is 29.2 Å². The van der Waals surface area contributed by atoms with Crippen LogP contribution in [0.25, 0.3) is 0 Å². The van der Waals surface area contributed by atoms with Crippen LogP contribution in [0.5, 0.6) is 0 Å². The third-order valence-electron chi connectivity index (χ3n) is 5.51. The lowest BCUT2D eigenvalue weighted by Gasteiger charge is -2.23. The van der Waals surface area contributed by atoms with E-state index in [0.29, 0.717) is 23.4 Å². The van der Waals surface area contributed by atoms with Crippen molar-refractivity contribution in [3.63, 3.8) is 0 Å². The van der Waals surface area contributed by atoms with Crippen molar-refractivity contribution in [2.75, 3.05) is 11.4 Å². The monoisotopic (exact) mass is 511 g/mol. The summed E-state index contributed by atoms with van der Waals surface area (Å²) in [5, 5.41) is 11.4. The lowest BCUT2D eigenvalue weighted by molar-refractivity contribution is -0.135. The molecule has 0 fully saturated rings. The number of nitrogens with zero attached hydrogens (tertiary/aromatic N) is 1. The Morgan fingerprint density at radius 2 is 1.60 bits per heavy atom. The summed E-state index contributed by atoms with van der Waals surface area (Å²) < 4.78 is 1.02. The summed E-state index contributed by atoms with van der Waals surface area (Å²) in [5.74, 6) is -0.668. The van der Waals surface area contributed by atoms with Crippen LogP contribution in [0, 0.1) is 3.57 Å². The molecule has 1 heterocycles. The zero-order valence-corrected chi connectivity index (χ0v) is 18.6. The number of aliphatic hydroxyl groups is 1. The van der Waals surface area contributed by atoms with Gasteiger partial charge in [0.2, 0.25) is 0 Å². The molecule has 4 rings (SSSR count). The predicted octanol–water partition coefficient (Wildman–Crippen LogP) is 4.73. The van der Waals surface area contributed by atoms with Crippen LogP contribution in [-0.4, -0.2) is 23.3 Å². The second-order valence-electron chi connectivity index (χ2n) is 7.53. The molecule has 0 spiro atoms. The summed E-state index contributed by atoms with van der Waals surface area (Å²) in [6.07, 6.45) is 1.34. The molecule has 3 aromatic rings. The van der Waals surface area contributed by atoms with Crippen LogP contribution in [0.3, 0.4) is 0 Å². The number of benzene rings is 3. The first-order chi connectivity index (χ1) is 14.5. The molecule has 3 aromatic carbocycles. The average molecular weight is 511 g/mol. The maximum atomic E-state index is 13.3. The van der Waals surface area contributed by atoms with E-state index >= 15 is 0 Å². The molecule has 1 aliphatic heterocycles. The molecule has 4 nitrogen and oxygen atoms in total. The molecule has 1 atom stereocenters. The minimum absolute atomic E-state index is 0.247. The van der Waals surface area contributed by atoms with Crippen LogP contribution in [0.15, 0.2) is 78.9 Å². The standard InChI is InChI=1S/C25H22INO3/c26-20-14-12-19(13-15-20)23(28)17-25(30)21-10-4-5-11-22(21)27(24(25)29)16-6-9-18-7-2-1-3-8-18/h1-5,7-8,10-15,30H,6,9,16-17H2/t25-/m1/s1. The lowest BCUT2D eigenvalue weighted by atomic mass is 9.88. The highest BCUT2D eigenvalue weighted by Gasteiger charge is 2.50. The third kappa shape index (κ3) is 4.04. The Hall–Kier alpha value is -2.51. The van der Waals surface area contributed by atoms with Gasteiger partial charge in [0, 0.05) is 21.2 Å². The molecule has 30 heavy (non-hydrogen) atoms. The molecule has 152 valence electrons. The molecular formula is C25H22INO3. The van der Waals surface area contributed by atoms with Crippen LogP contribution in [0.4, 0.5) is 5.69 Å². The Kier molecular flexibility index (Phi) is 6.01. The fraction of sp³-hybridized carbons (Fsp3) is 0.200. The number of hydrogen-bond acceptors (Lipinski definition) is 3. The van der Waals surface area contributed by atoms with Crippen molar-refractivity contribution >= 4 is 40.0 Å². The predicted molar refractivity (Wildman–Crippen MR) is 126 cm³/mol. The Morgan fingerprint density at radius 3 is 2.33 bits per heavy atom. The zero-order chi connectivity index (χ0) is 21.1. The van der Waals surface area contributed by atoms with Crippen LogP contribution in [0.1, 0.15) is 34.3 Å². The Morgan fingerprint density at radius 1 is 0.933 bits per heavy atom. The molecule has 0 aliphatic carbocycles. The normalized spacial score (nSPS) is 17.8. The summed E-state index contributed by atoms with van der Waals surface area (Å²) in [4.78, 5) is 27.7. The summed E-state index contributed by atoms with van der Waals surface area (Å²) >= 11 is 2.17. The topological polar surface area (TPSA) is 57.6 Å². The van der Waals surface area contributed by atoms with Crippen LogP contribution >= 0.6 is 22.6 Å². The van der Waals surface area contributed by atoms with E-state index < -0.39 is 11.5 Å². The largest absolute Gasteiger partial charge is 0.375 e. The Labute approximate surface area is 189 Å². The van der Waals surface area contributed by atoms with Crippen LogP contribution in [0.2, 0.25) is 0 Å².